The number of hydrogen-bond donors (Lipinski definition) is 2. The number of pyridine rings is 1. The summed E-state index contributed by atoms with van der Waals surface area (Å²) in [6.45, 7) is 1.76. The summed E-state index contributed by atoms with van der Waals surface area (Å²) in [6.07, 6.45) is -3.42. The number of nitrogens with zero attached hydrogens (tertiary/aromatic N) is 2. The molecule has 1 fully saturated rings. The van der Waals surface area contributed by atoms with Gasteiger partial charge in [0.2, 0.25) is 5.91 Å². The lowest BCUT2D eigenvalue weighted by molar-refractivity contribution is -0.137. The van der Waals surface area contributed by atoms with Crippen LogP contribution >= 0.6 is 0 Å². The molecule has 2 N–H and O–H groups in total. The van der Waals surface area contributed by atoms with Crippen LogP contribution in [0.3, 0.4) is 0 Å². The Balaban J connectivity index is 1.49. The lowest BCUT2D eigenvalue weighted by atomic mass is 10.1. The van der Waals surface area contributed by atoms with Crippen molar-refractivity contribution in [3.05, 3.63) is 77.7 Å². The zero-order valence-corrected chi connectivity index (χ0v) is 18.9. The second-order valence-electron chi connectivity index (χ2n) is 8.06. The molecule has 11 heteroatoms. The van der Waals surface area contributed by atoms with E-state index in [0.717, 1.165) is 18.2 Å². The Labute approximate surface area is 204 Å². The highest BCUT2D eigenvalue weighted by molar-refractivity contribution is 6.05. The van der Waals surface area contributed by atoms with Gasteiger partial charge in [0.15, 0.2) is 0 Å². The van der Waals surface area contributed by atoms with Gasteiger partial charge in [-0.05, 0) is 42.5 Å². The molecule has 36 heavy (non-hydrogen) atoms. The van der Waals surface area contributed by atoms with Crippen molar-refractivity contribution in [2.75, 3.05) is 43.5 Å². The normalized spacial score (nSPS) is 14.3. The molecule has 0 unspecified atom stereocenters. The molecule has 1 aliphatic rings. The molecule has 1 aromatic heterocycles. The second kappa shape index (κ2) is 10.8. The van der Waals surface area contributed by atoms with Gasteiger partial charge in [0.05, 0.1) is 48.6 Å². The molecule has 0 bridgehead atoms. The van der Waals surface area contributed by atoms with Crippen LogP contribution in [-0.2, 0) is 15.7 Å². The minimum Gasteiger partial charge on any atom is -0.379 e. The first kappa shape index (κ1) is 25.3. The molecular formula is C25H22F4N4O3. The first-order valence-electron chi connectivity index (χ1n) is 11.0. The van der Waals surface area contributed by atoms with E-state index in [2.05, 4.69) is 15.6 Å². The number of carbonyl (C=O) groups excluding carboxylic acids is 2. The molecule has 2 heterocycles. The molecular weight excluding hydrogens is 480 g/mol. The van der Waals surface area contributed by atoms with E-state index < -0.39 is 35.1 Å². The Bertz CT molecular complexity index is 1240. The molecule has 3 aromatic rings. The predicted molar refractivity (Wildman–Crippen MR) is 125 cm³/mol. The highest BCUT2D eigenvalue weighted by Gasteiger charge is 2.34. The first-order chi connectivity index (χ1) is 17.2. The number of halogens is 4. The van der Waals surface area contributed by atoms with E-state index in [0.29, 0.717) is 32.0 Å². The number of anilines is 2. The van der Waals surface area contributed by atoms with Crippen molar-refractivity contribution < 1.29 is 31.9 Å². The third-order valence-corrected chi connectivity index (χ3v) is 5.50. The van der Waals surface area contributed by atoms with E-state index in [9.17, 15) is 27.2 Å². The van der Waals surface area contributed by atoms with Crippen molar-refractivity contribution in [1.29, 1.82) is 0 Å². The fourth-order valence-electron chi connectivity index (χ4n) is 3.69. The van der Waals surface area contributed by atoms with Crippen molar-refractivity contribution in [3.8, 4) is 11.3 Å². The minimum atomic E-state index is -4.73. The minimum absolute atomic E-state index is 0.0946. The van der Waals surface area contributed by atoms with Crippen LogP contribution in [-0.4, -0.2) is 54.5 Å². The molecule has 2 aromatic carbocycles. The predicted octanol–water partition coefficient (Wildman–Crippen LogP) is 4.43. The van der Waals surface area contributed by atoms with Gasteiger partial charge in [-0.1, -0.05) is 12.1 Å². The number of nitrogens with one attached hydrogen (secondary N) is 2. The Morgan fingerprint density at radius 3 is 2.42 bits per heavy atom. The van der Waals surface area contributed by atoms with Gasteiger partial charge in [0.25, 0.3) is 5.91 Å². The molecule has 7 nitrogen and oxygen atoms in total. The Kier molecular flexibility index (Phi) is 7.61. The van der Waals surface area contributed by atoms with Crippen LogP contribution in [0.5, 0.6) is 0 Å². The maximum Gasteiger partial charge on any atom is 0.418 e. The summed E-state index contributed by atoms with van der Waals surface area (Å²) in [4.78, 5) is 31.0. The van der Waals surface area contributed by atoms with E-state index in [1.807, 2.05) is 0 Å². The maximum absolute atomic E-state index is 14.0. The van der Waals surface area contributed by atoms with Crippen molar-refractivity contribution in [1.82, 2.24) is 9.88 Å². The average Bonchev–Trinajstić information content (AvgIpc) is 2.85. The zero-order valence-electron chi connectivity index (χ0n) is 18.9. The van der Waals surface area contributed by atoms with Gasteiger partial charge in [-0.2, -0.15) is 13.2 Å². The summed E-state index contributed by atoms with van der Waals surface area (Å²) in [5.41, 5.74) is -0.770. The topological polar surface area (TPSA) is 83.6 Å². The van der Waals surface area contributed by atoms with Crippen molar-refractivity contribution >= 4 is 23.2 Å². The second-order valence-corrected chi connectivity index (χ2v) is 8.06. The van der Waals surface area contributed by atoms with Gasteiger partial charge in [0, 0.05) is 24.2 Å². The quantitative estimate of drug-likeness (QED) is 0.488. The number of aromatic nitrogens is 1. The smallest absolute Gasteiger partial charge is 0.379 e. The summed E-state index contributed by atoms with van der Waals surface area (Å²) in [7, 11) is 0. The van der Waals surface area contributed by atoms with Crippen molar-refractivity contribution in [2.24, 2.45) is 0 Å². The van der Waals surface area contributed by atoms with Gasteiger partial charge in [-0.3, -0.25) is 19.5 Å². The number of morpholine rings is 1. The van der Waals surface area contributed by atoms with Crippen LogP contribution in [0, 0.1) is 5.82 Å². The third-order valence-electron chi connectivity index (χ3n) is 5.50. The van der Waals surface area contributed by atoms with Gasteiger partial charge in [-0.15, -0.1) is 0 Å². The average molecular weight is 502 g/mol. The molecule has 1 aliphatic heterocycles. The van der Waals surface area contributed by atoms with Crippen LogP contribution in [0.25, 0.3) is 11.3 Å². The molecule has 4 rings (SSSR count). The molecule has 0 aliphatic carbocycles. The third kappa shape index (κ3) is 6.23. The fraction of sp³-hybridized carbons (Fsp3) is 0.240. The van der Waals surface area contributed by atoms with E-state index >= 15 is 0 Å². The number of alkyl halides is 3. The van der Waals surface area contributed by atoms with Gasteiger partial charge in [0.1, 0.15) is 5.82 Å². The lowest BCUT2D eigenvalue weighted by Crippen LogP contribution is -2.41. The van der Waals surface area contributed by atoms with Gasteiger partial charge >= 0.3 is 6.18 Å². The number of ether oxygens (including phenoxy) is 1. The number of amides is 2. The van der Waals surface area contributed by atoms with E-state index in [-0.39, 0.29) is 23.4 Å². The molecule has 2 amide bonds. The number of carbonyl (C=O) groups is 2. The summed E-state index contributed by atoms with van der Waals surface area (Å²) in [5, 5.41) is 4.83. The largest absolute Gasteiger partial charge is 0.418 e. The van der Waals surface area contributed by atoms with Crippen LogP contribution in [0.15, 0.2) is 60.8 Å². The van der Waals surface area contributed by atoms with E-state index in [1.165, 1.54) is 24.4 Å². The first-order valence-corrected chi connectivity index (χ1v) is 11.0. The number of benzene rings is 2. The Hall–Kier alpha value is -3.83. The molecule has 188 valence electrons. The standard InChI is InChI=1S/C25H22F4N4O3/c26-20-4-2-1-3-18(20)21-8-6-17(14-30-21)31-24(35)16-5-7-19(25(27,28)29)22(13-16)32-23(34)15-33-9-11-36-12-10-33/h1-8,13-14H,9-12,15H2,(H,31,35)(H,32,34). The molecule has 0 spiro atoms. The number of rotatable bonds is 6. The summed E-state index contributed by atoms with van der Waals surface area (Å²) in [6, 6.07) is 11.8. The monoisotopic (exact) mass is 502 g/mol. The van der Waals surface area contributed by atoms with Crippen molar-refractivity contribution in [2.45, 2.75) is 6.18 Å². The van der Waals surface area contributed by atoms with Gasteiger partial charge < -0.3 is 15.4 Å². The maximum atomic E-state index is 14.0. The summed E-state index contributed by atoms with van der Waals surface area (Å²) >= 11 is 0. The Morgan fingerprint density at radius 1 is 1.00 bits per heavy atom. The molecule has 0 atom stereocenters. The van der Waals surface area contributed by atoms with Crippen LogP contribution in [0.1, 0.15) is 15.9 Å². The fourth-order valence-corrected chi connectivity index (χ4v) is 3.69. The lowest BCUT2D eigenvalue weighted by Gasteiger charge is -2.26. The van der Waals surface area contributed by atoms with E-state index in [1.54, 1.807) is 23.1 Å². The van der Waals surface area contributed by atoms with E-state index in [4.69, 9.17) is 4.74 Å². The Morgan fingerprint density at radius 2 is 1.75 bits per heavy atom. The number of hydrogen-bond acceptors (Lipinski definition) is 5. The zero-order chi connectivity index (χ0) is 25.7. The van der Waals surface area contributed by atoms with Gasteiger partial charge in [-0.25, -0.2) is 4.39 Å². The van der Waals surface area contributed by atoms with Crippen LogP contribution < -0.4 is 10.6 Å². The van der Waals surface area contributed by atoms with Crippen molar-refractivity contribution in [3.63, 3.8) is 0 Å². The highest BCUT2D eigenvalue weighted by Crippen LogP contribution is 2.35. The highest BCUT2D eigenvalue weighted by atomic mass is 19.4. The summed E-state index contributed by atoms with van der Waals surface area (Å²) in [5.74, 6) is -1.78. The van der Waals surface area contributed by atoms with Crippen LogP contribution in [0.4, 0.5) is 28.9 Å². The molecule has 0 saturated carbocycles. The van der Waals surface area contributed by atoms with Crippen LogP contribution in [0.2, 0.25) is 0 Å². The molecule has 1 saturated heterocycles. The molecule has 0 radical (unpaired) electrons. The summed E-state index contributed by atoms with van der Waals surface area (Å²) < 4.78 is 59.7. The SMILES string of the molecule is O=C(CN1CCOCC1)Nc1cc(C(=O)Nc2ccc(-c3ccccc3F)nc2)ccc1C(F)(F)F.